The van der Waals surface area contributed by atoms with E-state index in [-0.39, 0.29) is 6.10 Å². The van der Waals surface area contributed by atoms with E-state index in [9.17, 15) is 0 Å². The maximum absolute atomic E-state index is 6.18. The largest absolute Gasteiger partial charge is 0.397 e. The predicted octanol–water partition coefficient (Wildman–Crippen LogP) is 2.95. The van der Waals surface area contributed by atoms with Crippen molar-refractivity contribution in [2.45, 2.75) is 18.9 Å². The number of nitrogens with zero attached hydrogens (tertiary/aromatic N) is 1. The van der Waals surface area contributed by atoms with Crippen molar-refractivity contribution in [1.82, 2.24) is 0 Å². The van der Waals surface area contributed by atoms with Crippen LogP contribution in [0.5, 0.6) is 0 Å². The Hall–Kier alpha value is -2.00. The van der Waals surface area contributed by atoms with Crippen molar-refractivity contribution >= 4 is 11.4 Å². The lowest BCUT2D eigenvalue weighted by molar-refractivity contribution is 0.0474. The SMILES string of the molecule is Nc1cccc2c1N(CC1OCCc3ccccc31)CC2. The highest BCUT2D eigenvalue weighted by molar-refractivity contribution is 5.74. The zero-order valence-corrected chi connectivity index (χ0v) is 12.1. The van der Waals surface area contributed by atoms with Crippen molar-refractivity contribution in [3.63, 3.8) is 0 Å². The maximum atomic E-state index is 6.18. The molecule has 2 N–H and O–H groups in total. The number of hydrogen-bond acceptors (Lipinski definition) is 3. The third kappa shape index (κ3) is 2.18. The number of nitrogen functional groups attached to an aromatic ring is 1. The lowest BCUT2D eigenvalue weighted by atomic mass is 9.97. The van der Waals surface area contributed by atoms with Gasteiger partial charge in [-0.2, -0.15) is 0 Å². The van der Waals surface area contributed by atoms with Gasteiger partial charge in [0.2, 0.25) is 0 Å². The number of fused-ring (bicyclic) bond motifs is 2. The second-order valence-electron chi connectivity index (χ2n) is 5.86. The van der Waals surface area contributed by atoms with Crippen molar-refractivity contribution < 1.29 is 4.74 Å². The summed E-state index contributed by atoms with van der Waals surface area (Å²) in [6.07, 6.45) is 2.25. The smallest absolute Gasteiger partial charge is 0.100 e. The molecule has 2 aliphatic heterocycles. The first-order valence-corrected chi connectivity index (χ1v) is 7.64. The molecule has 0 radical (unpaired) electrons. The van der Waals surface area contributed by atoms with Crippen LogP contribution in [0, 0.1) is 0 Å². The van der Waals surface area contributed by atoms with Crippen LogP contribution in [-0.2, 0) is 17.6 Å². The zero-order valence-electron chi connectivity index (χ0n) is 12.1. The van der Waals surface area contributed by atoms with E-state index in [0.717, 1.165) is 38.2 Å². The van der Waals surface area contributed by atoms with Gasteiger partial charge in [-0.3, -0.25) is 0 Å². The summed E-state index contributed by atoms with van der Waals surface area (Å²) in [5.41, 5.74) is 12.4. The standard InChI is InChI=1S/C18H20N2O/c19-16-7-3-5-14-8-10-20(18(14)16)12-17-15-6-2-1-4-13(15)9-11-21-17/h1-7,17H,8-12,19H2. The van der Waals surface area contributed by atoms with Crippen LogP contribution >= 0.6 is 0 Å². The average Bonchev–Trinajstić information content (AvgIpc) is 2.92. The molecule has 0 spiro atoms. The number of benzene rings is 2. The maximum Gasteiger partial charge on any atom is 0.100 e. The van der Waals surface area contributed by atoms with Crippen LogP contribution in [0.25, 0.3) is 0 Å². The van der Waals surface area contributed by atoms with Crippen LogP contribution in [-0.4, -0.2) is 19.7 Å². The summed E-state index contributed by atoms with van der Waals surface area (Å²) in [7, 11) is 0. The Morgan fingerprint density at radius 3 is 2.86 bits per heavy atom. The lowest BCUT2D eigenvalue weighted by Gasteiger charge is -2.31. The number of nitrogens with two attached hydrogens (primary N) is 1. The first kappa shape index (κ1) is 12.7. The minimum absolute atomic E-state index is 0.153. The Labute approximate surface area is 125 Å². The highest BCUT2D eigenvalue weighted by Crippen LogP contribution is 2.36. The van der Waals surface area contributed by atoms with Gasteiger partial charge in [0.1, 0.15) is 6.10 Å². The molecule has 1 unspecified atom stereocenters. The Kier molecular flexibility index (Phi) is 3.08. The molecule has 2 heterocycles. The highest BCUT2D eigenvalue weighted by Gasteiger charge is 2.27. The first-order valence-electron chi connectivity index (χ1n) is 7.64. The molecule has 2 aromatic carbocycles. The van der Waals surface area contributed by atoms with Crippen molar-refractivity contribution in [2.75, 3.05) is 30.3 Å². The Morgan fingerprint density at radius 1 is 1.05 bits per heavy atom. The van der Waals surface area contributed by atoms with Gasteiger partial charge in [0.15, 0.2) is 0 Å². The number of ether oxygens (including phenoxy) is 1. The molecular formula is C18H20N2O. The van der Waals surface area contributed by atoms with Gasteiger partial charge in [-0.25, -0.2) is 0 Å². The number of rotatable bonds is 2. The molecule has 1 atom stereocenters. The molecule has 3 heteroatoms. The van der Waals surface area contributed by atoms with E-state index in [1.54, 1.807) is 0 Å². The van der Waals surface area contributed by atoms with Gasteiger partial charge in [-0.15, -0.1) is 0 Å². The van der Waals surface area contributed by atoms with Crippen molar-refractivity contribution in [1.29, 1.82) is 0 Å². The van der Waals surface area contributed by atoms with E-state index < -0.39 is 0 Å². The fourth-order valence-corrected chi connectivity index (χ4v) is 3.58. The summed E-state index contributed by atoms with van der Waals surface area (Å²) >= 11 is 0. The Balaban J connectivity index is 1.62. The fraction of sp³-hybridized carbons (Fsp3) is 0.333. The second-order valence-corrected chi connectivity index (χ2v) is 5.86. The summed E-state index contributed by atoms with van der Waals surface area (Å²) < 4.78 is 6.04. The first-order chi connectivity index (χ1) is 10.3. The molecule has 2 aromatic rings. The molecule has 3 nitrogen and oxygen atoms in total. The lowest BCUT2D eigenvalue weighted by Crippen LogP contribution is -2.31. The van der Waals surface area contributed by atoms with Crippen molar-refractivity contribution in [3.8, 4) is 0 Å². The molecule has 108 valence electrons. The molecule has 0 bridgehead atoms. The van der Waals surface area contributed by atoms with E-state index in [0.29, 0.717) is 0 Å². The molecule has 4 rings (SSSR count). The average molecular weight is 280 g/mol. The molecule has 0 aliphatic carbocycles. The van der Waals surface area contributed by atoms with Gasteiger partial charge in [-0.1, -0.05) is 36.4 Å². The van der Waals surface area contributed by atoms with E-state index in [2.05, 4.69) is 35.2 Å². The molecule has 0 saturated heterocycles. The molecule has 2 aliphatic rings. The van der Waals surface area contributed by atoms with Crippen molar-refractivity contribution in [3.05, 3.63) is 59.2 Å². The Morgan fingerprint density at radius 2 is 1.90 bits per heavy atom. The summed E-state index contributed by atoms with van der Waals surface area (Å²) in [5, 5.41) is 0. The van der Waals surface area contributed by atoms with Crippen LogP contribution in [0.4, 0.5) is 11.4 Å². The number of anilines is 2. The third-order valence-electron chi connectivity index (χ3n) is 4.60. The molecule has 0 aromatic heterocycles. The number of para-hydroxylation sites is 1. The van der Waals surface area contributed by atoms with E-state index in [1.807, 2.05) is 12.1 Å². The number of hydrogen-bond donors (Lipinski definition) is 1. The second kappa shape index (κ2) is 5.08. The molecule has 21 heavy (non-hydrogen) atoms. The Bertz CT molecular complexity index is 668. The van der Waals surface area contributed by atoms with E-state index in [4.69, 9.17) is 10.5 Å². The topological polar surface area (TPSA) is 38.5 Å². The summed E-state index contributed by atoms with van der Waals surface area (Å²) in [6, 6.07) is 14.9. The fourth-order valence-electron chi connectivity index (χ4n) is 3.58. The van der Waals surface area contributed by atoms with Gasteiger partial charge in [0, 0.05) is 13.1 Å². The van der Waals surface area contributed by atoms with Gasteiger partial charge < -0.3 is 15.4 Å². The molecule has 0 saturated carbocycles. The minimum Gasteiger partial charge on any atom is -0.397 e. The van der Waals surface area contributed by atoms with Crippen LogP contribution in [0.2, 0.25) is 0 Å². The molecule has 0 fully saturated rings. The van der Waals surface area contributed by atoms with Crippen LogP contribution in [0.1, 0.15) is 22.8 Å². The quantitative estimate of drug-likeness (QED) is 0.860. The summed E-state index contributed by atoms with van der Waals surface area (Å²) in [5.74, 6) is 0. The summed E-state index contributed by atoms with van der Waals surface area (Å²) in [4.78, 5) is 2.39. The van der Waals surface area contributed by atoms with E-state index in [1.165, 1.54) is 22.4 Å². The predicted molar refractivity (Wildman–Crippen MR) is 85.6 cm³/mol. The van der Waals surface area contributed by atoms with Crippen LogP contribution in [0.3, 0.4) is 0 Å². The monoisotopic (exact) mass is 280 g/mol. The zero-order chi connectivity index (χ0) is 14.2. The van der Waals surface area contributed by atoms with Gasteiger partial charge >= 0.3 is 0 Å². The van der Waals surface area contributed by atoms with Crippen LogP contribution < -0.4 is 10.6 Å². The summed E-state index contributed by atoms with van der Waals surface area (Å²) in [6.45, 7) is 2.73. The van der Waals surface area contributed by atoms with Gasteiger partial charge in [0.05, 0.1) is 18.0 Å². The normalized spacial score (nSPS) is 20.2. The van der Waals surface area contributed by atoms with E-state index >= 15 is 0 Å². The van der Waals surface area contributed by atoms with Crippen molar-refractivity contribution in [2.24, 2.45) is 0 Å². The molecule has 0 amide bonds. The third-order valence-corrected chi connectivity index (χ3v) is 4.60. The van der Waals surface area contributed by atoms with Gasteiger partial charge in [0.25, 0.3) is 0 Å². The molecular weight excluding hydrogens is 260 g/mol. The minimum atomic E-state index is 0.153. The highest BCUT2D eigenvalue weighted by atomic mass is 16.5. The van der Waals surface area contributed by atoms with Crippen LogP contribution in [0.15, 0.2) is 42.5 Å². The van der Waals surface area contributed by atoms with Gasteiger partial charge in [-0.05, 0) is 35.6 Å².